The van der Waals surface area contributed by atoms with Gasteiger partial charge < -0.3 is 9.88 Å². The molecule has 7 heteroatoms. The number of pyridine rings is 2. The number of fused-ring (bicyclic) bond motifs is 1. The fourth-order valence-electron chi connectivity index (χ4n) is 3.66. The van der Waals surface area contributed by atoms with Crippen LogP contribution >= 0.6 is 0 Å². The molecule has 0 unspecified atom stereocenters. The summed E-state index contributed by atoms with van der Waals surface area (Å²) in [5.74, 6) is 0.201. The van der Waals surface area contributed by atoms with Crippen LogP contribution in [-0.4, -0.2) is 26.7 Å². The molecule has 0 radical (unpaired) electrons. The van der Waals surface area contributed by atoms with Gasteiger partial charge in [-0.3, -0.25) is 9.59 Å². The van der Waals surface area contributed by atoms with Crippen molar-refractivity contribution in [3.8, 4) is 5.69 Å². The average molecular weight is 462 g/mol. The summed E-state index contributed by atoms with van der Waals surface area (Å²) >= 11 is 0. The highest BCUT2D eigenvalue weighted by Gasteiger charge is 2.17. The quantitative estimate of drug-likeness (QED) is 0.333. The van der Waals surface area contributed by atoms with Gasteiger partial charge in [-0.2, -0.15) is 5.48 Å². The van der Waals surface area contributed by atoms with Gasteiger partial charge in [0.15, 0.2) is 0 Å². The Morgan fingerprint density at radius 1 is 1.21 bits per heavy atom. The number of rotatable bonds is 9. The predicted molar refractivity (Wildman–Crippen MR) is 135 cm³/mol. The third-order valence-electron chi connectivity index (χ3n) is 5.35. The topological polar surface area (TPSA) is 101 Å². The molecule has 0 saturated carbocycles. The maximum Gasteiger partial charge on any atom is 0.256 e. The number of benzene rings is 1. The number of nitrogens with two attached hydrogens (primary N) is 1. The van der Waals surface area contributed by atoms with E-state index in [1.54, 1.807) is 35.3 Å². The van der Waals surface area contributed by atoms with Gasteiger partial charge in [-0.25, -0.2) is 10.2 Å². The van der Waals surface area contributed by atoms with E-state index in [9.17, 15) is 14.8 Å². The van der Waals surface area contributed by atoms with Crippen LogP contribution in [0.5, 0.6) is 0 Å². The summed E-state index contributed by atoms with van der Waals surface area (Å²) in [4.78, 5) is 30.2. The molecule has 1 aromatic carbocycles. The number of hydrogen-bond donors (Lipinski definition) is 3. The van der Waals surface area contributed by atoms with Crippen LogP contribution < -0.4 is 16.2 Å². The first-order valence-electron chi connectivity index (χ1n) is 11.6. The van der Waals surface area contributed by atoms with Crippen molar-refractivity contribution in [2.45, 2.75) is 46.6 Å². The van der Waals surface area contributed by atoms with Crippen molar-refractivity contribution in [3.05, 3.63) is 88.5 Å². The maximum absolute atomic E-state index is 13.0. The highest BCUT2D eigenvalue weighted by atomic mass is 16.5. The van der Waals surface area contributed by atoms with Crippen LogP contribution in [0.4, 0.5) is 0 Å². The summed E-state index contributed by atoms with van der Waals surface area (Å²) < 4.78 is 1.76. The number of allylic oxidation sites excluding steroid dienone is 3. The Morgan fingerprint density at radius 2 is 2.00 bits per heavy atom. The molecule has 0 atom stereocenters. The highest BCUT2D eigenvalue weighted by molar-refractivity contribution is 5.97. The summed E-state index contributed by atoms with van der Waals surface area (Å²) in [6, 6.07) is 11.0. The zero-order chi connectivity index (χ0) is 24.7. The molecule has 7 nitrogen and oxygen atoms in total. The Balaban J connectivity index is 2.10. The van der Waals surface area contributed by atoms with Crippen molar-refractivity contribution in [2.75, 3.05) is 0 Å². The first-order valence-corrected chi connectivity index (χ1v) is 11.6. The SMILES string of the molecule is CC(C)CC/C=C\C(=C/[NH2+]O)c1cccc(-n2cc(C(=O)NC(C)C)c(=O)c3cccnc32)c1. The van der Waals surface area contributed by atoms with Crippen LogP contribution in [0.25, 0.3) is 22.3 Å². The summed E-state index contributed by atoms with van der Waals surface area (Å²) in [6.07, 6.45) is 11.0. The van der Waals surface area contributed by atoms with E-state index in [2.05, 4.69) is 30.2 Å². The Hall–Kier alpha value is -3.55. The molecule has 3 rings (SSSR count). The number of hydrogen-bond acceptors (Lipinski definition) is 4. The highest BCUT2D eigenvalue weighted by Crippen LogP contribution is 2.22. The number of aromatic nitrogens is 2. The number of nitrogens with one attached hydrogen (secondary N) is 1. The second-order valence-corrected chi connectivity index (χ2v) is 8.94. The van der Waals surface area contributed by atoms with Gasteiger partial charge in [0.05, 0.1) is 5.39 Å². The minimum absolute atomic E-state index is 0.0626. The molecule has 0 aliphatic carbocycles. The Kier molecular flexibility index (Phi) is 8.51. The molecule has 0 aliphatic rings. The van der Waals surface area contributed by atoms with Crippen molar-refractivity contribution < 1.29 is 15.5 Å². The number of nitrogens with zero attached hydrogens (tertiary/aromatic N) is 2. The van der Waals surface area contributed by atoms with Crippen LogP contribution in [0.1, 0.15) is 56.5 Å². The van der Waals surface area contributed by atoms with Gasteiger partial charge in [0, 0.05) is 29.7 Å². The number of hydroxylamine groups is 1. The van der Waals surface area contributed by atoms with Gasteiger partial charge in [0.25, 0.3) is 5.91 Å². The number of amides is 1. The van der Waals surface area contributed by atoms with Gasteiger partial charge in [-0.1, -0.05) is 38.1 Å². The molecule has 4 N–H and O–H groups in total. The lowest BCUT2D eigenvalue weighted by Crippen LogP contribution is -2.73. The van der Waals surface area contributed by atoms with Gasteiger partial charge in [0.1, 0.15) is 17.4 Å². The minimum Gasteiger partial charge on any atom is -0.350 e. The molecule has 34 heavy (non-hydrogen) atoms. The van der Waals surface area contributed by atoms with E-state index >= 15 is 0 Å². The van der Waals surface area contributed by atoms with Crippen molar-refractivity contribution in [2.24, 2.45) is 5.92 Å². The first-order chi connectivity index (χ1) is 16.3. The molecule has 0 aliphatic heterocycles. The number of quaternary nitrogens is 1. The fourth-order valence-corrected chi connectivity index (χ4v) is 3.66. The molecule has 0 spiro atoms. The van der Waals surface area contributed by atoms with Gasteiger partial charge in [-0.05, 0) is 62.4 Å². The predicted octanol–water partition coefficient (Wildman–Crippen LogP) is 3.81. The second kappa shape index (κ2) is 11.5. The zero-order valence-electron chi connectivity index (χ0n) is 20.2. The van der Waals surface area contributed by atoms with E-state index in [1.165, 1.54) is 0 Å². The maximum atomic E-state index is 13.0. The Bertz CT molecular complexity index is 1270. The second-order valence-electron chi connectivity index (χ2n) is 8.94. The molecule has 0 bridgehead atoms. The first kappa shape index (κ1) is 25.1. The molecule has 0 saturated heterocycles. The largest absolute Gasteiger partial charge is 0.350 e. The minimum atomic E-state index is -0.417. The van der Waals surface area contributed by atoms with Crippen LogP contribution in [0.3, 0.4) is 0 Å². The van der Waals surface area contributed by atoms with E-state index in [4.69, 9.17) is 0 Å². The van der Waals surface area contributed by atoms with Crippen molar-refractivity contribution >= 4 is 22.5 Å². The summed E-state index contributed by atoms with van der Waals surface area (Å²) in [6.45, 7) is 8.08. The van der Waals surface area contributed by atoms with Crippen molar-refractivity contribution in [3.63, 3.8) is 0 Å². The van der Waals surface area contributed by atoms with Gasteiger partial charge >= 0.3 is 0 Å². The molecule has 2 aromatic heterocycles. The van der Waals surface area contributed by atoms with Gasteiger partial charge in [-0.15, -0.1) is 0 Å². The summed E-state index contributed by atoms with van der Waals surface area (Å²) in [5, 5.41) is 12.6. The molecule has 3 aromatic rings. The van der Waals surface area contributed by atoms with E-state index in [0.717, 1.165) is 35.1 Å². The molecule has 2 heterocycles. The Labute approximate surface area is 199 Å². The lowest BCUT2D eigenvalue weighted by atomic mass is 10.0. The summed E-state index contributed by atoms with van der Waals surface area (Å²) in [5.41, 5.74) is 3.70. The molecule has 1 amide bonds. The molecule has 178 valence electrons. The van der Waals surface area contributed by atoms with E-state index < -0.39 is 5.91 Å². The normalized spacial score (nSPS) is 12.3. The molecule has 0 fully saturated rings. The third kappa shape index (κ3) is 6.07. The zero-order valence-corrected chi connectivity index (χ0v) is 20.2. The van der Waals surface area contributed by atoms with Crippen LogP contribution in [0.2, 0.25) is 0 Å². The lowest BCUT2D eigenvalue weighted by Gasteiger charge is -2.15. The molecular weight excluding hydrogens is 428 g/mol. The standard InChI is InChI=1S/C27H32N4O3/c1-18(2)9-5-6-10-21(16-29-34)20-11-7-12-22(15-20)31-17-24(27(33)30-19(3)4)25(32)23-13-8-14-28-26(23)31/h6-8,10-19,29,34H,5,9H2,1-4H3,(H,30,33)/p+1/b10-6-,21-16+. The number of carbonyl (C=O) groups excluding carboxylic acids is 1. The third-order valence-corrected chi connectivity index (χ3v) is 5.35. The van der Waals surface area contributed by atoms with E-state index in [-0.39, 0.29) is 17.0 Å². The van der Waals surface area contributed by atoms with E-state index in [0.29, 0.717) is 17.0 Å². The fraction of sp³-hybridized carbons (Fsp3) is 0.296. The lowest BCUT2D eigenvalue weighted by molar-refractivity contribution is -0.837. The monoisotopic (exact) mass is 461 g/mol. The smallest absolute Gasteiger partial charge is 0.256 e. The summed E-state index contributed by atoms with van der Waals surface area (Å²) in [7, 11) is 0. The molecular formula is C27H33N4O3+. The Morgan fingerprint density at radius 3 is 2.71 bits per heavy atom. The van der Waals surface area contributed by atoms with Crippen LogP contribution in [-0.2, 0) is 0 Å². The van der Waals surface area contributed by atoms with Crippen molar-refractivity contribution in [1.82, 2.24) is 14.9 Å². The van der Waals surface area contributed by atoms with Crippen LogP contribution in [0.15, 0.2) is 71.9 Å². The average Bonchev–Trinajstić information content (AvgIpc) is 2.81. The van der Waals surface area contributed by atoms with Crippen LogP contribution in [0, 0.1) is 5.92 Å². The van der Waals surface area contributed by atoms with E-state index in [1.807, 2.05) is 44.2 Å². The van der Waals surface area contributed by atoms with Crippen molar-refractivity contribution in [1.29, 1.82) is 0 Å². The number of carbonyl (C=O) groups is 1. The van der Waals surface area contributed by atoms with Gasteiger partial charge in [0.2, 0.25) is 5.43 Å².